The molecule has 0 fully saturated rings. The second-order valence-corrected chi connectivity index (χ2v) is 7.66. The van der Waals surface area contributed by atoms with E-state index in [-0.39, 0.29) is 11.6 Å². The van der Waals surface area contributed by atoms with Crippen LogP contribution in [-0.4, -0.2) is 11.6 Å². The molecule has 12 heavy (non-hydrogen) atoms. The average Bonchev–Trinajstić information content (AvgIpc) is 1.86. The van der Waals surface area contributed by atoms with E-state index >= 15 is 0 Å². The van der Waals surface area contributed by atoms with Crippen LogP contribution in [0, 0.1) is 0 Å². The minimum absolute atomic E-state index is 0.137. The van der Waals surface area contributed by atoms with Crippen molar-refractivity contribution in [2.45, 2.75) is 39.7 Å². The molecular formula is C7H14Cl2O2Zn. The fraction of sp³-hybridized carbons (Fsp3) is 0.857. The third-order valence-electron chi connectivity index (χ3n) is 0.709. The summed E-state index contributed by atoms with van der Waals surface area (Å²) in [6, 6.07) is 0. The summed E-state index contributed by atoms with van der Waals surface area (Å²) in [4.78, 5) is 10.6. The van der Waals surface area contributed by atoms with Gasteiger partial charge in [-0.3, -0.25) is 4.79 Å². The summed E-state index contributed by atoms with van der Waals surface area (Å²) in [6.45, 7) is 7.37. The molecule has 0 aromatic rings. The standard InChI is InChI=1S/C7H14O2.2ClH.Zn/c1-5-6(8)9-7(2,3)4;;;/h5H2,1-4H3;2*1H;/q;;;+2/p-2. The van der Waals surface area contributed by atoms with Crippen molar-refractivity contribution in [3.63, 3.8) is 0 Å². The molecule has 0 aliphatic carbocycles. The third kappa shape index (κ3) is 17.0. The topological polar surface area (TPSA) is 26.3 Å². The summed E-state index contributed by atoms with van der Waals surface area (Å²) in [5, 5.41) is 0. The molecular weight excluding hydrogens is 252 g/mol. The summed E-state index contributed by atoms with van der Waals surface area (Å²) in [5.74, 6) is -0.137. The molecule has 0 N–H and O–H groups in total. The van der Waals surface area contributed by atoms with Crippen LogP contribution in [-0.2, 0) is 24.7 Å². The van der Waals surface area contributed by atoms with Gasteiger partial charge in [0.2, 0.25) is 0 Å². The quantitative estimate of drug-likeness (QED) is 0.538. The van der Waals surface area contributed by atoms with Crippen molar-refractivity contribution in [1.82, 2.24) is 0 Å². The number of esters is 1. The van der Waals surface area contributed by atoms with Crippen molar-refractivity contribution in [3.05, 3.63) is 0 Å². The molecule has 0 atom stereocenters. The van der Waals surface area contributed by atoms with Gasteiger partial charge in [0.05, 0.1) is 0 Å². The predicted molar refractivity (Wildman–Crippen MR) is 47.8 cm³/mol. The van der Waals surface area contributed by atoms with Crippen LogP contribution in [0.2, 0.25) is 0 Å². The van der Waals surface area contributed by atoms with Crippen molar-refractivity contribution in [3.8, 4) is 0 Å². The van der Waals surface area contributed by atoms with Crippen molar-refractivity contribution in [2.24, 2.45) is 0 Å². The zero-order valence-electron chi connectivity index (χ0n) is 7.99. The van der Waals surface area contributed by atoms with Gasteiger partial charge in [0.1, 0.15) is 5.60 Å². The SMILES string of the molecule is CCC(=O)OC(C)(C)C.[Cl][Zn][Cl]. The van der Waals surface area contributed by atoms with Gasteiger partial charge in [0.15, 0.2) is 0 Å². The van der Waals surface area contributed by atoms with E-state index in [9.17, 15) is 4.79 Å². The van der Waals surface area contributed by atoms with Gasteiger partial charge >= 0.3 is 40.5 Å². The molecule has 0 radical (unpaired) electrons. The summed E-state index contributed by atoms with van der Waals surface area (Å²) in [7, 11) is 9.90. The van der Waals surface area contributed by atoms with E-state index in [1.807, 2.05) is 20.8 Å². The number of halogens is 2. The molecule has 0 aliphatic heterocycles. The first-order valence-electron chi connectivity index (χ1n) is 3.71. The zero-order valence-corrected chi connectivity index (χ0v) is 12.5. The average molecular weight is 266 g/mol. The summed E-state index contributed by atoms with van der Waals surface area (Å²) >= 11 is -0.931. The van der Waals surface area contributed by atoms with Gasteiger partial charge in [0, 0.05) is 6.42 Å². The van der Waals surface area contributed by atoms with Crippen LogP contribution >= 0.6 is 19.4 Å². The molecule has 0 amide bonds. The number of rotatable bonds is 1. The summed E-state index contributed by atoms with van der Waals surface area (Å²) in [5.41, 5.74) is -0.326. The second-order valence-electron chi connectivity index (χ2n) is 3.04. The molecule has 0 bridgehead atoms. The molecule has 5 heteroatoms. The number of carbonyl (C=O) groups excluding carboxylic acids is 1. The van der Waals surface area contributed by atoms with Gasteiger partial charge in [-0.05, 0) is 20.8 Å². The maximum atomic E-state index is 10.6. The van der Waals surface area contributed by atoms with Crippen molar-refractivity contribution in [1.29, 1.82) is 0 Å². The third-order valence-corrected chi connectivity index (χ3v) is 0.709. The molecule has 0 aromatic heterocycles. The molecule has 0 saturated carbocycles. The molecule has 0 aliphatic rings. The van der Waals surface area contributed by atoms with Crippen molar-refractivity contribution >= 4 is 25.4 Å². The van der Waals surface area contributed by atoms with Crippen LogP contribution in [0.15, 0.2) is 0 Å². The van der Waals surface area contributed by atoms with Gasteiger partial charge in [-0.25, -0.2) is 0 Å². The molecule has 0 spiro atoms. The van der Waals surface area contributed by atoms with E-state index in [1.54, 1.807) is 6.92 Å². The van der Waals surface area contributed by atoms with Crippen molar-refractivity contribution < 1.29 is 24.7 Å². The number of carbonyl (C=O) groups is 1. The van der Waals surface area contributed by atoms with E-state index in [0.717, 1.165) is 0 Å². The first-order chi connectivity index (χ1) is 5.37. The molecule has 0 heterocycles. The normalized spacial score (nSPS) is 9.17. The molecule has 2 nitrogen and oxygen atoms in total. The Morgan fingerprint density at radius 2 is 1.75 bits per heavy atom. The Morgan fingerprint density at radius 3 is 1.83 bits per heavy atom. The number of hydrogen-bond acceptors (Lipinski definition) is 2. The number of ether oxygens (including phenoxy) is 1. The van der Waals surface area contributed by atoms with Crippen LogP contribution in [0.25, 0.3) is 0 Å². The van der Waals surface area contributed by atoms with E-state index in [1.165, 1.54) is 0 Å². The fourth-order valence-corrected chi connectivity index (χ4v) is 0.414. The van der Waals surface area contributed by atoms with Crippen LogP contribution in [0.3, 0.4) is 0 Å². The Morgan fingerprint density at radius 1 is 1.42 bits per heavy atom. The number of hydrogen-bond donors (Lipinski definition) is 0. The molecule has 0 aromatic carbocycles. The van der Waals surface area contributed by atoms with E-state index in [2.05, 4.69) is 0 Å². The Hall–Kier alpha value is 0.673. The molecule has 0 rings (SSSR count). The van der Waals surface area contributed by atoms with Crippen molar-refractivity contribution in [2.75, 3.05) is 0 Å². The van der Waals surface area contributed by atoms with E-state index in [4.69, 9.17) is 24.1 Å². The maximum absolute atomic E-state index is 10.6. The Bertz CT molecular complexity index is 123. The Balaban J connectivity index is 0. The fourth-order valence-electron chi connectivity index (χ4n) is 0.414. The van der Waals surface area contributed by atoms with Gasteiger partial charge in [-0.1, -0.05) is 6.92 Å². The predicted octanol–water partition coefficient (Wildman–Crippen LogP) is 3.11. The van der Waals surface area contributed by atoms with Gasteiger partial charge in [0.25, 0.3) is 0 Å². The monoisotopic (exact) mass is 264 g/mol. The van der Waals surface area contributed by atoms with Gasteiger partial charge in [-0.15, -0.1) is 0 Å². The molecule has 70 valence electrons. The van der Waals surface area contributed by atoms with Crippen LogP contribution in [0.4, 0.5) is 0 Å². The van der Waals surface area contributed by atoms with Crippen LogP contribution in [0.1, 0.15) is 34.1 Å². The first-order valence-corrected chi connectivity index (χ1v) is 11.5. The van der Waals surface area contributed by atoms with Gasteiger partial charge < -0.3 is 4.74 Å². The summed E-state index contributed by atoms with van der Waals surface area (Å²) in [6.07, 6.45) is 0.456. The Labute approximate surface area is 89.6 Å². The Kier molecular flexibility index (Phi) is 10.5. The van der Waals surface area contributed by atoms with Crippen LogP contribution < -0.4 is 0 Å². The zero-order chi connectivity index (χ0) is 10.2. The van der Waals surface area contributed by atoms with E-state index < -0.39 is 15.1 Å². The van der Waals surface area contributed by atoms with E-state index in [0.29, 0.717) is 6.42 Å². The van der Waals surface area contributed by atoms with Gasteiger partial charge in [-0.2, -0.15) is 0 Å². The minimum atomic E-state index is -0.931. The first kappa shape index (κ1) is 15.2. The molecule has 0 unspecified atom stereocenters. The molecule has 0 saturated heterocycles. The second kappa shape index (κ2) is 8.28. The van der Waals surface area contributed by atoms with Crippen LogP contribution in [0.5, 0.6) is 0 Å². The summed E-state index contributed by atoms with van der Waals surface area (Å²) < 4.78 is 4.95.